The van der Waals surface area contributed by atoms with Gasteiger partial charge in [0.2, 0.25) is 0 Å². The van der Waals surface area contributed by atoms with E-state index >= 15 is 0 Å². The van der Waals surface area contributed by atoms with Gasteiger partial charge in [-0.3, -0.25) is 0 Å². The van der Waals surface area contributed by atoms with E-state index in [1.54, 1.807) is 0 Å². The van der Waals surface area contributed by atoms with Crippen molar-refractivity contribution in [1.29, 1.82) is 0 Å². The van der Waals surface area contributed by atoms with Gasteiger partial charge in [0.15, 0.2) is 0 Å². The third-order valence-corrected chi connectivity index (χ3v) is 2.24. The normalized spacial score (nSPS) is 14.4. The van der Waals surface area contributed by atoms with Gasteiger partial charge in [-0.25, -0.2) is 0 Å². The van der Waals surface area contributed by atoms with E-state index < -0.39 is 5.60 Å². The maximum Gasteiger partial charge on any atom is 0.0669 e. The van der Waals surface area contributed by atoms with E-state index in [9.17, 15) is 5.11 Å². The Morgan fingerprint density at radius 1 is 1.36 bits per heavy atom. The van der Waals surface area contributed by atoms with Gasteiger partial charge in [0, 0.05) is 12.8 Å². The third-order valence-electron chi connectivity index (χ3n) is 2.24. The molecule has 1 rings (SSSR count). The highest BCUT2D eigenvalue weighted by molar-refractivity contribution is 5.16. The van der Waals surface area contributed by atoms with Crippen molar-refractivity contribution in [3.8, 4) is 12.3 Å². The Morgan fingerprint density at radius 2 is 2.00 bits per heavy atom. The Hall–Kier alpha value is -1.26. The smallest absolute Gasteiger partial charge is 0.0669 e. The molecule has 0 aromatic heterocycles. The highest BCUT2D eigenvalue weighted by Crippen LogP contribution is 2.17. The number of hydrogen-bond acceptors (Lipinski definition) is 1. The molecular formula is C13H16O. The Balaban J connectivity index is 2.55. The largest absolute Gasteiger partial charge is 0.390 e. The first-order valence-corrected chi connectivity index (χ1v) is 4.84. The van der Waals surface area contributed by atoms with Crippen LogP contribution in [0, 0.1) is 12.3 Å². The summed E-state index contributed by atoms with van der Waals surface area (Å²) in [5, 5.41) is 10.0. The summed E-state index contributed by atoms with van der Waals surface area (Å²) >= 11 is 0. The van der Waals surface area contributed by atoms with Crippen molar-refractivity contribution >= 4 is 0 Å². The molecule has 1 aromatic rings. The molecule has 14 heavy (non-hydrogen) atoms. The zero-order valence-corrected chi connectivity index (χ0v) is 8.53. The van der Waals surface area contributed by atoms with Crippen molar-refractivity contribution in [1.82, 2.24) is 0 Å². The van der Waals surface area contributed by atoms with Crippen LogP contribution in [0.4, 0.5) is 0 Å². The molecule has 0 aliphatic carbocycles. The highest BCUT2D eigenvalue weighted by Gasteiger charge is 2.19. The molecule has 0 radical (unpaired) electrons. The van der Waals surface area contributed by atoms with E-state index in [0.29, 0.717) is 19.3 Å². The molecule has 1 unspecified atom stereocenters. The zero-order chi connectivity index (χ0) is 10.4. The molecule has 0 heterocycles. The lowest BCUT2D eigenvalue weighted by atomic mass is 9.92. The van der Waals surface area contributed by atoms with Gasteiger partial charge in [-0.15, -0.1) is 12.3 Å². The molecular weight excluding hydrogens is 172 g/mol. The standard InChI is InChI=1S/C13H16O/c1-3-4-10-13(2,14)11-12-8-6-5-7-9-12/h1,5-9,14H,4,10-11H2,2H3. The zero-order valence-electron chi connectivity index (χ0n) is 8.53. The van der Waals surface area contributed by atoms with E-state index in [-0.39, 0.29) is 0 Å². The highest BCUT2D eigenvalue weighted by atomic mass is 16.3. The molecule has 0 spiro atoms. The fourth-order valence-electron chi connectivity index (χ4n) is 1.47. The Labute approximate surface area is 85.8 Å². The van der Waals surface area contributed by atoms with Gasteiger partial charge in [-0.2, -0.15) is 0 Å². The first-order chi connectivity index (χ1) is 6.64. The van der Waals surface area contributed by atoms with Crippen LogP contribution in [0.5, 0.6) is 0 Å². The van der Waals surface area contributed by atoms with Gasteiger partial charge >= 0.3 is 0 Å². The van der Waals surface area contributed by atoms with Crippen LogP contribution in [0.1, 0.15) is 25.3 Å². The molecule has 1 nitrogen and oxygen atoms in total. The molecule has 0 aliphatic heterocycles. The second-order valence-electron chi connectivity index (χ2n) is 3.86. The van der Waals surface area contributed by atoms with Gasteiger partial charge in [-0.05, 0) is 18.9 Å². The fourth-order valence-corrected chi connectivity index (χ4v) is 1.47. The minimum Gasteiger partial charge on any atom is -0.390 e. The maximum atomic E-state index is 10.0. The van der Waals surface area contributed by atoms with Crippen LogP contribution in [0.25, 0.3) is 0 Å². The van der Waals surface area contributed by atoms with Crippen molar-refractivity contribution in [2.24, 2.45) is 0 Å². The second-order valence-corrected chi connectivity index (χ2v) is 3.86. The molecule has 0 saturated heterocycles. The molecule has 0 aliphatic rings. The molecule has 1 aromatic carbocycles. The number of benzene rings is 1. The van der Waals surface area contributed by atoms with E-state index in [2.05, 4.69) is 5.92 Å². The van der Waals surface area contributed by atoms with Crippen LogP contribution in [-0.2, 0) is 6.42 Å². The minimum absolute atomic E-state index is 0.625. The summed E-state index contributed by atoms with van der Waals surface area (Å²) in [6, 6.07) is 9.97. The molecule has 0 bridgehead atoms. The lowest BCUT2D eigenvalue weighted by molar-refractivity contribution is 0.0529. The van der Waals surface area contributed by atoms with E-state index in [1.165, 1.54) is 0 Å². The molecule has 74 valence electrons. The summed E-state index contributed by atoms with van der Waals surface area (Å²) in [5.41, 5.74) is 0.461. The summed E-state index contributed by atoms with van der Waals surface area (Å²) in [5.74, 6) is 2.55. The van der Waals surface area contributed by atoms with Gasteiger partial charge in [-0.1, -0.05) is 30.3 Å². The van der Waals surface area contributed by atoms with Gasteiger partial charge < -0.3 is 5.11 Å². The topological polar surface area (TPSA) is 20.2 Å². The molecule has 0 saturated carbocycles. The predicted octanol–water partition coefficient (Wildman–Crippen LogP) is 2.39. The summed E-state index contributed by atoms with van der Waals surface area (Å²) < 4.78 is 0. The summed E-state index contributed by atoms with van der Waals surface area (Å²) in [6.07, 6.45) is 7.11. The van der Waals surface area contributed by atoms with Crippen LogP contribution >= 0.6 is 0 Å². The van der Waals surface area contributed by atoms with Gasteiger partial charge in [0.1, 0.15) is 0 Å². The molecule has 0 fully saturated rings. The Morgan fingerprint density at radius 3 is 2.57 bits per heavy atom. The van der Waals surface area contributed by atoms with E-state index in [0.717, 1.165) is 5.56 Å². The number of aliphatic hydroxyl groups is 1. The van der Waals surface area contributed by atoms with Crippen LogP contribution in [0.2, 0.25) is 0 Å². The molecule has 0 amide bonds. The average molecular weight is 188 g/mol. The first kappa shape index (κ1) is 10.8. The fraction of sp³-hybridized carbons (Fsp3) is 0.385. The van der Waals surface area contributed by atoms with Crippen LogP contribution < -0.4 is 0 Å². The number of hydrogen-bond donors (Lipinski definition) is 1. The predicted molar refractivity (Wildman–Crippen MR) is 58.8 cm³/mol. The van der Waals surface area contributed by atoms with Crippen LogP contribution in [0.3, 0.4) is 0 Å². The van der Waals surface area contributed by atoms with Gasteiger partial charge in [0.25, 0.3) is 0 Å². The van der Waals surface area contributed by atoms with Gasteiger partial charge in [0.05, 0.1) is 5.60 Å². The van der Waals surface area contributed by atoms with Crippen molar-refractivity contribution in [3.63, 3.8) is 0 Å². The third kappa shape index (κ3) is 3.64. The number of rotatable bonds is 4. The molecule has 1 heteroatoms. The van der Waals surface area contributed by atoms with Crippen molar-refractivity contribution in [2.45, 2.75) is 31.8 Å². The van der Waals surface area contributed by atoms with Crippen LogP contribution in [0.15, 0.2) is 30.3 Å². The summed E-state index contributed by atoms with van der Waals surface area (Å²) in [6.45, 7) is 1.83. The lowest BCUT2D eigenvalue weighted by Crippen LogP contribution is -2.26. The minimum atomic E-state index is -0.687. The van der Waals surface area contributed by atoms with Crippen molar-refractivity contribution in [2.75, 3.05) is 0 Å². The SMILES string of the molecule is C#CCCC(C)(O)Cc1ccccc1. The lowest BCUT2D eigenvalue weighted by Gasteiger charge is -2.22. The van der Waals surface area contributed by atoms with Crippen molar-refractivity contribution < 1.29 is 5.11 Å². The summed E-state index contributed by atoms with van der Waals surface area (Å²) in [7, 11) is 0. The Bertz CT molecular complexity index is 306. The average Bonchev–Trinajstić information content (AvgIpc) is 2.16. The maximum absolute atomic E-state index is 10.0. The number of terminal acetylenes is 1. The molecule has 1 N–H and O–H groups in total. The Kier molecular flexibility index (Phi) is 3.73. The summed E-state index contributed by atoms with van der Waals surface area (Å²) in [4.78, 5) is 0. The first-order valence-electron chi connectivity index (χ1n) is 4.84. The quantitative estimate of drug-likeness (QED) is 0.719. The second kappa shape index (κ2) is 4.83. The van der Waals surface area contributed by atoms with Crippen molar-refractivity contribution in [3.05, 3.63) is 35.9 Å². The van der Waals surface area contributed by atoms with E-state index in [4.69, 9.17) is 6.42 Å². The molecule has 1 atom stereocenters. The van der Waals surface area contributed by atoms with E-state index in [1.807, 2.05) is 37.3 Å². The van der Waals surface area contributed by atoms with Crippen LogP contribution in [-0.4, -0.2) is 10.7 Å². The monoisotopic (exact) mass is 188 g/mol.